The fourth-order valence-electron chi connectivity index (χ4n) is 4.38. The first-order valence-corrected chi connectivity index (χ1v) is 11.2. The smallest absolute Gasteiger partial charge is 0.325 e. The van der Waals surface area contributed by atoms with Crippen molar-refractivity contribution in [1.82, 2.24) is 15.5 Å². The molecule has 0 spiro atoms. The van der Waals surface area contributed by atoms with Gasteiger partial charge in [-0.3, -0.25) is 19.3 Å². The van der Waals surface area contributed by atoms with Crippen molar-refractivity contribution in [3.8, 4) is 0 Å². The normalized spacial score (nSPS) is 20.6. The Morgan fingerprint density at radius 2 is 1.73 bits per heavy atom. The number of aryl methyl sites for hydroxylation is 1. The van der Waals surface area contributed by atoms with Gasteiger partial charge in [-0.15, -0.1) is 0 Å². The Morgan fingerprint density at radius 3 is 2.42 bits per heavy atom. The van der Waals surface area contributed by atoms with Gasteiger partial charge < -0.3 is 16.0 Å². The molecule has 2 aliphatic rings. The third-order valence-electron chi connectivity index (χ3n) is 6.34. The molecule has 5 amide bonds. The Bertz CT molecular complexity index is 1090. The largest absolute Gasteiger partial charge is 0.349 e. The molecule has 8 heteroatoms. The highest BCUT2D eigenvalue weighted by molar-refractivity contribution is 6.11. The average Bonchev–Trinajstić information content (AvgIpc) is 3.37. The molecule has 1 aliphatic heterocycles. The van der Waals surface area contributed by atoms with Crippen molar-refractivity contribution in [2.75, 3.05) is 11.9 Å². The lowest BCUT2D eigenvalue weighted by Crippen LogP contribution is -2.42. The molecular weight excluding hydrogens is 420 g/mol. The van der Waals surface area contributed by atoms with E-state index in [9.17, 15) is 19.2 Å². The quantitative estimate of drug-likeness (QED) is 0.590. The highest BCUT2D eigenvalue weighted by Crippen LogP contribution is 2.29. The van der Waals surface area contributed by atoms with Crippen LogP contribution in [0.2, 0.25) is 0 Å². The fourth-order valence-corrected chi connectivity index (χ4v) is 4.38. The van der Waals surface area contributed by atoms with Gasteiger partial charge in [0.1, 0.15) is 12.1 Å². The van der Waals surface area contributed by atoms with Crippen molar-refractivity contribution < 1.29 is 19.2 Å². The summed E-state index contributed by atoms with van der Waals surface area (Å²) in [6.07, 6.45) is 4.09. The van der Waals surface area contributed by atoms with Crippen LogP contribution in [-0.2, 0) is 15.1 Å². The summed E-state index contributed by atoms with van der Waals surface area (Å²) in [4.78, 5) is 52.0. The second kappa shape index (κ2) is 9.05. The van der Waals surface area contributed by atoms with Crippen LogP contribution in [0.3, 0.4) is 0 Å². The first-order valence-electron chi connectivity index (χ1n) is 11.2. The maximum atomic E-state index is 13.1. The Kier molecular flexibility index (Phi) is 6.18. The third-order valence-corrected chi connectivity index (χ3v) is 6.34. The van der Waals surface area contributed by atoms with Gasteiger partial charge in [0.25, 0.3) is 11.8 Å². The Balaban J connectivity index is 1.45. The van der Waals surface area contributed by atoms with Crippen molar-refractivity contribution in [2.45, 2.75) is 51.1 Å². The van der Waals surface area contributed by atoms with E-state index in [0.717, 1.165) is 36.1 Å². The number of carbonyl (C=O) groups is 4. The van der Waals surface area contributed by atoms with E-state index in [2.05, 4.69) is 16.0 Å². The van der Waals surface area contributed by atoms with Gasteiger partial charge in [-0.25, -0.2) is 4.79 Å². The number of benzene rings is 2. The summed E-state index contributed by atoms with van der Waals surface area (Å²) in [5.74, 6) is -1.31. The molecule has 172 valence electrons. The number of nitrogens with zero attached hydrogens (tertiary/aromatic N) is 1. The zero-order chi connectivity index (χ0) is 23.6. The summed E-state index contributed by atoms with van der Waals surface area (Å²) < 4.78 is 0. The number of imide groups is 1. The molecule has 8 nitrogen and oxygen atoms in total. The summed E-state index contributed by atoms with van der Waals surface area (Å²) in [6.45, 7) is 3.10. The fraction of sp³-hybridized carbons (Fsp3) is 0.360. The van der Waals surface area contributed by atoms with Crippen LogP contribution in [0.4, 0.5) is 10.5 Å². The first-order chi connectivity index (χ1) is 15.8. The number of urea groups is 1. The lowest BCUT2D eigenvalue weighted by molar-refractivity contribution is -0.133. The van der Waals surface area contributed by atoms with E-state index in [1.807, 2.05) is 19.1 Å². The van der Waals surface area contributed by atoms with Crippen molar-refractivity contribution in [1.29, 1.82) is 0 Å². The lowest BCUT2D eigenvalue weighted by atomic mass is 9.91. The molecule has 0 bridgehead atoms. The van der Waals surface area contributed by atoms with E-state index < -0.39 is 29.9 Å². The van der Waals surface area contributed by atoms with Crippen LogP contribution in [0.15, 0.2) is 48.5 Å². The van der Waals surface area contributed by atoms with Crippen LogP contribution in [0, 0.1) is 6.92 Å². The van der Waals surface area contributed by atoms with Crippen LogP contribution < -0.4 is 16.0 Å². The number of hydrogen-bond donors (Lipinski definition) is 3. The minimum Gasteiger partial charge on any atom is -0.349 e. The van der Waals surface area contributed by atoms with Gasteiger partial charge in [0, 0.05) is 6.04 Å². The summed E-state index contributed by atoms with van der Waals surface area (Å²) in [5.41, 5.74) is 1.12. The molecule has 4 rings (SSSR count). The predicted octanol–water partition coefficient (Wildman–Crippen LogP) is 3.07. The molecule has 1 saturated heterocycles. The second-order valence-corrected chi connectivity index (χ2v) is 8.86. The molecule has 33 heavy (non-hydrogen) atoms. The Morgan fingerprint density at radius 1 is 1.06 bits per heavy atom. The summed E-state index contributed by atoms with van der Waals surface area (Å²) in [7, 11) is 0. The molecule has 3 N–H and O–H groups in total. The van der Waals surface area contributed by atoms with E-state index in [1.54, 1.807) is 43.3 Å². The van der Waals surface area contributed by atoms with Crippen LogP contribution in [0.5, 0.6) is 0 Å². The molecule has 2 aromatic rings. The van der Waals surface area contributed by atoms with E-state index in [1.165, 1.54) is 0 Å². The zero-order valence-corrected chi connectivity index (χ0v) is 18.8. The van der Waals surface area contributed by atoms with Gasteiger partial charge in [-0.2, -0.15) is 0 Å². The van der Waals surface area contributed by atoms with Crippen LogP contribution in [-0.4, -0.2) is 41.2 Å². The topological polar surface area (TPSA) is 108 Å². The molecule has 0 radical (unpaired) electrons. The predicted molar refractivity (Wildman–Crippen MR) is 124 cm³/mol. The molecule has 0 unspecified atom stereocenters. The van der Waals surface area contributed by atoms with Gasteiger partial charge in [-0.05, 0) is 44.4 Å². The molecule has 0 aromatic heterocycles. The highest BCUT2D eigenvalue weighted by Gasteiger charge is 2.49. The van der Waals surface area contributed by atoms with Gasteiger partial charge in [-0.1, -0.05) is 54.8 Å². The molecule has 2 aromatic carbocycles. The lowest BCUT2D eigenvalue weighted by Gasteiger charge is -2.22. The number of carbonyl (C=O) groups excluding carboxylic acids is 4. The van der Waals surface area contributed by atoms with E-state index in [-0.39, 0.29) is 11.9 Å². The highest BCUT2D eigenvalue weighted by atomic mass is 16.2. The molecule has 1 saturated carbocycles. The zero-order valence-electron chi connectivity index (χ0n) is 18.8. The standard InChI is InChI=1S/C25H28N4O4/c1-16-11-13-17(14-12-16)25(2)23(32)29(24(33)28-25)15-21(30)27-20-10-6-5-9-19(20)22(31)26-18-7-3-4-8-18/h5-6,9-14,18H,3-4,7-8,15H2,1-2H3,(H,26,31)(H,27,30)(H,28,33)/t25-/m1/s1. The number of rotatable bonds is 6. The van der Waals surface area contributed by atoms with Crippen molar-refractivity contribution in [3.05, 3.63) is 65.2 Å². The summed E-state index contributed by atoms with van der Waals surface area (Å²) in [5, 5.41) is 8.39. The van der Waals surface area contributed by atoms with Crippen molar-refractivity contribution in [3.63, 3.8) is 0 Å². The molecule has 1 aliphatic carbocycles. The average molecular weight is 449 g/mol. The first kappa shape index (κ1) is 22.5. The van der Waals surface area contributed by atoms with Crippen molar-refractivity contribution >= 4 is 29.4 Å². The Labute approximate surface area is 192 Å². The van der Waals surface area contributed by atoms with Gasteiger partial charge in [0.15, 0.2) is 0 Å². The molecule has 1 atom stereocenters. The van der Waals surface area contributed by atoms with Crippen LogP contribution in [0.1, 0.15) is 54.1 Å². The van der Waals surface area contributed by atoms with E-state index >= 15 is 0 Å². The van der Waals surface area contributed by atoms with Gasteiger partial charge in [0.2, 0.25) is 5.91 Å². The van der Waals surface area contributed by atoms with Crippen LogP contribution >= 0.6 is 0 Å². The molecular formula is C25H28N4O4. The van der Waals surface area contributed by atoms with Crippen LogP contribution in [0.25, 0.3) is 0 Å². The maximum absolute atomic E-state index is 13.1. The minimum atomic E-state index is -1.25. The maximum Gasteiger partial charge on any atom is 0.325 e. The number of amides is 5. The second-order valence-electron chi connectivity index (χ2n) is 8.86. The van der Waals surface area contributed by atoms with Gasteiger partial charge in [0.05, 0.1) is 11.3 Å². The number of hydrogen-bond acceptors (Lipinski definition) is 4. The number of para-hydroxylation sites is 1. The number of nitrogens with one attached hydrogen (secondary N) is 3. The number of anilines is 1. The monoisotopic (exact) mass is 448 g/mol. The molecule has 2 fully saturated rings. The third kappa shape index (κ3) is 4.60. The summed E-state index contributed by atoms with van der Waals surface area (Å²) in [6, 6.07) is 13.5. The van der Waals surface area contributed by atoms with Gasteiger partial charge >= 0.3 is 6.03 Å². The van der Waals surface area contributed by atoms with Crippen molar-refractivity contribution in [2.24, 2.45) is 0 Å². The summed E-state index contributed by atoms with van der Waals surface area (Å²) >= 11 is 0. The Hall–Kier alpha value is -3.68. The minimum absolute atomic E-state index is 0.145. The van der Waals surface area contributed by atoms with E-state index in [0.29, 0.717) is 16.8 Å². The SMILES string of the molecule is Cc1ccc([C@@]2(C)NC(=O)N(CC(=O)Nc3ccccc3C(=O)NC3CCCC3)C2=O)cc1. The van der Waals surface area contributed by atoms with E-state index in [4.69, 9.17) is 0 Å². The molecule has 1 heterocycles.